The monoisotopic (exact) mass is 443 g/mol. The Hall–Kier alpha value is -0.460. The van der Waals surface area contributed by atoms with E-state index < -0.39 is 12.6 Å². The van der Waals surface area contributed by atoms with Gasteiger partial charge in [-0.05, 0) is 52.5 Å². The van der Waals surface area contributed by atoms with Crippen molar-refractivity contribution in [3.05, 3.63) is 12.2 Å². The molecule has 186 valence electrons. The predicted octanol–water partition coefficient (Wildman–Crippen LogP) is 6.04. The van der Waals surface area contributed by atoms with Gasteiger partial charge >= 0.3 is 0 Å². The maximum Gasteiger partial charge on any atom is 0.151 e. The van der Waals surface area contributed by atoms with Crippen molar-refractivity contribution < 1.29 is 19.7 Å². The van der Waals surface area contributed by atoms with Crippen LogP contribution in [0.2, 0.25) is 0 Å². The summed E-state index contributed by atoms with van der Waals surface area (Å²) in [4.78, 5) is 2.29. The molecule has 0 aromatic carbocycles. The summed E-state index contributed by atoms with van der Waals surface area (Å²) in [6, 6.07) is 0. The molecule has 0 rings (SSSR count). The van der Waals surface area contributed by atoms with Gasteiger partial charge in [-0.15, -0.1) is 0 Å². The number of ether oxygens (including phenoxy) is 2. The second-order valence-corrected chi connectivity index (χ2v) is 8.72. The van der Waals surface area contributed by atoms with Crippen LogP contribution < -0.4 is 0 Å². The Kier molecular flexibility index (Phi) is 23.8. The fourth-order valence-electron chi connectivity index (χ4n) is 3.62. The van der Waals surface area contributed by atoms with Crippen LogP contribution in [0.3, 0.4) is 0 Å². The summed E-state index contributed by atoms with van der Waals surface area (Å²) in [5.74, 6) is 0. The molecule has 2 atom stereocenters. The zero-order valence-corrected chi connectivity index (χ0v) is 20.9. The summed E-state index contributed by atoms with van der Waals surface area (Å²) in [7, 11) is 0. The first-order chi connectivity index (χ1) is 15.1. The van der Waals surface area contributed by atoms with Gasteiger partial charge in [-0.3, -0.25) is 4.90 Å². The van der Waals surface area contributed by atoms with Crippen molar-refractivity contribution >= 4 is 0 Å². The van der Waals surface area contributed by atoms with Crippen molar-refractivity contribution in [1.29, 1.82) is 0 Å². The van der Waals surface area contributed by atoms with Crippen LogP contribution in [0.1, 0.15) is 111 Å². The first kappa shape index (κ1) is 30.5. The standard InChI is InChI=1S/C26H53NO4/c1-4-5-6-7-8-9-10-11-12-13-14-15-16-17-18-19-20-27(21-23-30-25(2)28)22-24-31-26(3)29/h11-12,25-26,28-29H,4-10,13-24H2,1-3H3/b12-11-. The van der Waals surface area contributed by atoms with Crippen LogP contribution in [0, 0.1) is 0 Å². The van der Waals surface area contributed by atoms with Crippen molar-refractivity contribution in [2.75, 3.05) is 32.8 Å². The van der Waals surface area contributed by atoms with Crippen LogP contribution >= 0.6 is 0 Å². The highest BCUT2D eigenvalue weighted by Crippen LogP contribution is 2.10. The summed E-state index contributed by atoms with van der Waals surface area (Å²) < 4.78 is 10.5. The summed E-state index contributed by atoms with van der Waals surface area (Å²) in [5.41, 5.74) is 0. The van der Waals surface area contributed by atoms with E-state index in [1.165, 1.54) is 89.9 Å². The van der Waals surface area contributed by atoms with Crippen LogP contribution in [0.25, 0.3) is 0 Å². The van der Waals surface area contributed by atoms with Gasteiger partial charge in [0.15, 0.2) is 12.6 Å². The molecule has 0 aliphatic carbocycles. The van der Waals surface area contributed by atoms with Gasteiger partial charge in [0.2, 0.25) is 0 Å². The number of nitrogens with zero attached hydrogens (tertiary/aromatic N) is 1. The van der Waals surface area contributed by atoms with Crippen LogP contribution in [0.5, 0.6) is 0 Å². The molecule has 0 saturated heterocycles. The lowest BCUT2D eigenvalue weighted by molar-refractivity contribution is -0.0992. The SMILES string of the molecule is CCCCCCCC/C=C\CCCCCCCCN(CCOC(C)O)CCOC(C)O. The molecule has 5 heteroatoms. The molecule has 2 N–H and O–H groups in total. The third-order valence-electron chi connectivity index (χ3n) is 5.52. The highest BCUT2D eigenvalue weighted by Gasteiger charge is 2.07. The molecular formula is C26H53NO4. The number of allylic oxidation sites excluding steroid dienone is 2. The van der Waals surface area contributed by atoms with Crippen LogP contribution in [0.4, 0.5) is 0 Å². The number of unbranched alkanes of at least 4 members (excludes halogenated alkanes) is 12. The van der Waals surface area contributed by atoms with Crippen molar-refractivity contribution in [2.45, 2.75) is 123 Å². The van der Waals surface area contributed by atoms with E-state index in [-0.39, 0.29) is 0 Å². The summed E-state index contributed by atoms with van der Waals surface area (Å²) >= 11 is 0. The van der Waals surface area contributed by atoms with Gasteiger partial charge in [0, 0.05) is 13.1 Å². The van der Waals surface area contributed by atoms with E-state index in [0.717, 1.165) is 19.6 Å². The lowest BCUT2D eigenvalue weighted by atomic mass is 10.1. The fourth-order valence-corrected chi connectivity index (χ4v) is 3.62. The number of aliphatic hydroxyl groups excluding tert-OH is 2. The second kappa shape index (κ2) is 24.2. The molecule has 31 heavy (non-hydrogen) atoms. The first-order valence-electron chi connectivity index (χ1n) is 13.0. The second-order valence-electron chi connectivity index (χ2n) is 8.72. The number of rotatable bonds is 24. The predicted molar refractivity (Wildman–Crippen MR) is 131 cm³/mol. The Morgan fingerprint density at radius 3 is 1.48 bits per heavy atom. The van der Waals surface area contributed by atoms with E-state index >= 15 is 0 Å². The maximum absolute atomic E-state index is 9.24. The maximum atomic E-state index is 9.24. The van der Waals surface area contributed by atoms with Gasteiger partial charge in [-0.25, -0.2) is 0 Å². The Labute approximate surface area is 193 Å². The Balaban J connectivity index is 3.58. The van der Waals surface area contributed by atoms with Gasteiger partial charge in [0.05, 0.1) is 13.2 Å². The van der Waals surface area contributed by atoms with Crippen LogP contribution in [-0.2, 0) is 9.47 Å². The summed E-state index contributed by atoms with van der Waals surface area (Å²) in [5, 5.41) is 18.5. The minimum Gasteiger partial charge on any atom is -0.368 e. The molecule has 0 heterocycles. The normalized spacial score (nSPS) is 14.0. The number of hydrogen-bond acceptors (Lipinski definition) is 5. The molecule has 0 aromatic heterocycles. The smallest absolute Gasteiger partial charge is 0.151 e. The molecule has 0 aliphatic heterocycles. The Bertz CT molecular complexity index is 360. The van der Waals surface area contributed by atoms with Crippen LogP contribution in [-0.4, -0.2) is 60.5 Å². The van der Waals surface area contributed by atoms with Crippen molar-refractivity contribution in [3.63, 3.8) is 0 Å². The molecule has 0 fully saturated rings. The number of aliphatic hydroxyl groups is 2. The molecule has 0 saturated carbocycles. The molecule has 5 nitrogen and oxygen atoms in total. The van der Waals surface area contributed by atoms with Crippen molar-refractivity contribution in [1.82, 2.24) is 4.90 Å². The van der Waals surface area contributed by atoms with E-state index in [2.05, 4.69) is 24.0 Å². The zero-order chi connectivity index (χ0) is 23.0. The van der Waals surface area contributed by atoms with Gasteiger partial charge in [-0.1, -0.05) is 76.9 Å². The lowest BCUT2D eigenvalue weighted by Gasteiger charge is -2.23. The summed E-state index contributed by atoms with van der Waals surface area (Å²) in [6.07, 6.45) is 21.8. The third-order valence-corrected chi connectivity index (χ3v) is 5.52. The third kappa shape index (κ3) is 25.7. The van der Waals surface area contributed by atoms with E-state index in [9.17, 15) is 10.2 Å². The number of hydrogen-bond donors (Lipinski definition) is 2. The van der Waals surface area contributed by atoms with Gasteiger partial charge in [0.1, 0.15) is 0 Å². The summed E-state index contributed by atoms with van der Waals surface area (Å²) in [6.45, 7) is 9.12. The molecule has 0 radical (unpaired) electrons. The average molecular weight is 444 g/mol. The Morgan fingerprint density at radius 1 is 0.613 bits per heavy atom. The van der Waals surface area contributed by atoms with Gasteiger partial charge in [0.25, 0.3) is 0 Å². The molecule has 0 spiro atoms. The van der Waals surface area contributed by atoms with E-state index in [4.69, 9.17) is 9.47 Å². The Morgan fingerprint density at radius 2 is 1.03 bits per heavy atom. The molecule has 0 aliphatic rings. The topological polar surface area (TPSA) is 62.2 Å². The van der Waals surface area contributed by atoms with E-state index in [1.807, 2.05) is 0 Å². The molecule has 0 amide bonds. The van der Waals surface area contributed by atoms with Crippen LogP contribution in [0.15, 0.2) is 12.2 Å². The van der Waals surface area contributed by atoms with Gasteiger partial charge < -0.3 is 19.7 Å². The highest BCUT2D eigenvalue weighted by atomic mass is 16.6. The molecular weight excluding hydrogens is 390 g/mol. The molecule has 0 aromatic rings. The highest BCUT2D eigenvalue weighted by molar-refractivity contribution is 4.81. The molecule has 0 bridgehead atoms. The fraction of sp³-hybridized carbons (Fsp3) is 0.923. The minimum absolute atomic E-state index is 0.513. The minimum atomic E-state index is -0.721. The quantitative estimate of drug-likeness (QED) is 0.108. The van der Waals surface area contributed by atoms with Crippen molar-refractivity contribution in [2.24, 2.45) is 0 Å². The zero-order valence-electron chi connectivity index (χ0n) is 20.9. The van der Waals surface area contributed by atoms with E-state index in [0.29, 0.717) is 13.2 Å². The van der Waals surface area contributed by atoms with Gasteiger partial charge in [-0.2, -0.15) is 0 Å². The first-order valence-corrected chi connectivity index (χ1v) is 13.0. The molecule has 2 unspecified atom stereocenters. The lowest BCUT2D eigenvalue weighted by Crippen LogP contribution is -2.33. The van der Waals surface area contributed by atoms with Crippen molar-refractivity contribution in [3.8, 4) is 0 Å². The van der Waals surface area contributed by atoms with E-state index in [1.54, 1.807) is 13.8 Å². The largest absolute Gasteiger partial charge is 0.368 e. The average Bonchev–Trinajstić information content (AvgIpc) is 2.72.